The summed E-state index contributed by atoms with van der Waals surface area (Å²) in [5, 5.41) is 0. The molecule has 1 aromatic rings. The third-order valence-corrected chi connectivity index (χ3v) is 5.98. The Morgan fingerprint density at radius 1 is 1.06 bits per heavy atom. The van der Waals surface area contributed by atoms with E-state index < -0.39 is 24.5 Å². The van der Waals surface area contributed by atoms with Crippen LogP contribution in [0.4, 0.5) is 41.2 Å². The van der Waals surface area contributed by atoms with Crippen molar-refractivity contribution in [3.05, 3.63) is 29.3 Å². The van der Waals surface area contributed by atoms with E-state index in [1.54, 1.807) is 0 Å². The Labute approximate surface area is 187 Å². The van der Waals surface area contributed by atoms with Crippen LogP contribution in [-0.4, -0.2) is 80.3 Å². The van der Waals surface area contributed by atoms with Gasteiger partial charge >= 0.3 is 18.4 Å². The average molecular weight is 485 g/mol. The number of ether oxygens (including phenoxy) is 1. The number of hydrogen-bond acceptors (Lipinski definition) is 4. The number of amides is 1. The molecule has 1 unspecified atom stereocenters. The van der Waals surface area contributed by atoms with Gasteiger partial charge < -0.3 is 14.5 Å². The number of carbonyl (C=O) groups is 1. The standard InChI is InChI=1S/C21H26F7N3O2/c1-14-3-2-4-16(17(14)31-6-5-15(11-22)12-31)13-29-7-9-30(10-8-29)19(32)33-18(20(23,24)25)21(26,27)28/h2-4,15,18H,5-13H2,1H3. The van der Waals surface area contributed by atoms with E-state index in [2.05, 4.69) is 9.64 Å². The van der Waals surface area contributed by atoms with Crippen LogP contribution < -0.4 is 4.90 Å². The van der Waals surface area contributed by atoms with Crippen molar-refractivity contribution in [1.29, 1.82) is 0 Å². The van der Waals surface area contributed by atoms with Crippen molar-refractivity contribution in [3.8, 4) is 0 Å². The zero-order valence-electron chi connectivity index (χ0n) is 18.1. The number of para-hydroxylation sites is 1. The first kappa shape index (κ1) is 25.4. The Kier molecular flexibility index (Phi) is 7.65. The second kappa shape index (κ2) is 9.94. The zero-order valence-corrected chi connectivity index (χ0v) is 18.1. The van der Waals surface area contributed by atoms with Crippen molar-refractivity contribution in [2.24, 2.45) is 5.92 Å². The molecule has 1 amide bonds. The van der Waals surface area contributed by atoms with Gasteiger partial charge in [-0.1, -0.05) is 18.2 Å². The van der Waals surface area contributed by atoms with Gasteiger partial charge in [-0.15, -0.1) is 0 Å². The molecule has 1 atom stereocenters. The van der Waals surface area contributed by atoms with E-state index in [0.717, 1.165) is 34.7 Å². The van der Waals surface area contributed by atoms with Crippen molar-refractivity contribution in [1.82, 2.24) is 9.80 Å². The van der Waals surface area contributed by atoms with Gasteiger partial charge in [0.2, 0.25) is 0 Å². The van der Waals surface area contributed by atoms with E-state index in [-0.39, 0.29) is 38.8 Å². The molecule has 0 saturated carbocycles. The first-order valence-corrected chi connectivity index (χ1v) is 10.6. The highest BCUT2D eigenvalue weighted by molar-refractivity contribution is 5.68. The number of benzene rings is 1. The maximum absolute atomic E-state index is 13.1. The van der Waals surface area contributed by atoms with Crippen LogP contribution in [0.2, 0.25) is 0 Å². The van der Waals surface area contributed by atoms with Gasteiger partial charge in [-0.2, -0.15) is 26.3 Å². The van der Waals surface area contributed by atoms with E-state index in [1.807, 2.05) is 30.0 Å². The van der Waals surface area contributed by atoms with Crippen LogP contribution >= 0.6 is 0 Å². The Hall–Kier alpha value is -2.24. The van der Waals surface area contributed by atoms with E-state index >= 15 is 0 Å². The molecule has 0 radical (unpaired) electrons. The highest BCUT2D eigenvalue weighted by Crippen LogP contribution is 2.36. The van der Waals surface area contributed by atoms with Gasteiger partial charge in [0.15, 0.2) is 0 Å². The number of aryl methyl sites for hydroxylation is 1. The largest absolute Gasteiger partial charge is 0.434 e. The minimum absolute atomic E-state index is 0.00997. The zero-order chi connectivity index (χ0) is 24.4. The molecule has 2 aliphatic rings. The summed E-state index contributed by atoms with van der Waals surface area (Å²) in [5.74, 6) is -0.00997. The van der Waals surface area contributed by atoms with Crippen molar-refractivity contribution in [2.45, 2.75) is 38.3 Å². The van der Waals surface area contributed by atoms with Crippen molar-refractivity contribution < 1.29 is 40.3 Å². The maximum atomic E-state index is 13.1. The molecule has 0 N–H and O–H groups in total. The number of piperazine rings is 1. The SMILES string of the molecule is Cc1cccc(CN2CCN(C(=O)OC(C(F)(F)F)C(F)(F)F)CC2)c1N1CCC(CF)C1. The number of anilines is 1. The molecule has 3 rings (SSSR count). The van der Waals surface area contributed by atoms with Gasteiger partial charge in [0.25, 0.3) is 6.10 Å². The van der Waals surface area contributed by atoms with Gasteiger partial charge in [0.05, 0.1) is 6.67 Å². The number of nitrogens with zero attached hydrogens (tertiary/aromatic N) is 3. The highest BCUT2D eigenvalue weighted by Gasteiger charge is 2.60. The summed E-state index contributed by atoms with van der Waals surface area (Å²) in [7, 11) is 0. The number of halogens is 7. The smallest absolute Gasteiger partial charge is 0.426 e. The molecule has 2 fully saturated rings. The molecule has 0 bridgehead atoms. The van der Waals surface area contributed by atoms with Gasteiger partial charge in [0, 0.05) is 57.4 Å². The van der Waals surface area contributed by atoms with E-state index in [4.69, 9.17) is 0 Å². The number of hydrogen-bond donors (Lipinski definition) is 0. The van der Waals surface area contributed by atoms with Crippen LogP contribution in [0.5, 0.6) is 0 Å². The molecular formula is C21H26F7N3O2. The maximum Gasteiger partial charge on any atom is 0.434 e. The molecule has 0 aromatic heterocycles. The summed E-state index contributed by atoms with van der Waals surface area (Å²) in [5.41, 5.74) is 3.06. The Morgan fingerprint density at radius 2 is 1.70 bits per heavy atom. The fourth-order valence-corrected chi connectivity index (χ4v) is 4.29. The highest BCUT2D eigenvalue weighted by atomic mass is 19.4. The normalized spacial score (nSPS) is 20.6. The Morgan fingerprint density at radius 3 is 2.24 bits per heavy atom. The van der Waals surface area contributed by atoms with Crippen LogP contribution in [-0.2, 0) is 11.3 Å². The fourth-order valence-electron chi connectivity index (χ4n) is 4.29. The van der Waals surface area contributed by atoms with Gasteiger partial charge in [-0.3, -0.25) is 9.29 Å². The molecule has 33 heavy (non-hydrogen) atoms. The first-order chi connectivity index (χ1) is 15.4. The molecule has 5 nitrogen and oxygen atoms in total. The summed E-state index contributed by atoms with van der Waals surface area (Å²) < 4.78 is 92.7. The molecular weight excluding hydrogens is 459 g/mol. The Balaban J connectivity index is 1.60. The molecule has 0 aliphatic carbocycles. The minimum Gasteiger partial charge on any atom is -0.426 e. The number of rotatable bonds is 5. The van der Waals surface area contributed by atoms with Crippen molar-refractivity contribution >= 4 is 11.8 Å². The third-order valence-electron chi connectivity index (χ3n) is 5.98. The Bertz CT molecular complexity index is 809. The second-order valence-electron chi connectivity index (χ2n) is 8.45. The lowest BCUT2D eigenvalue weighted by Gasteiger charge is -2.36. The fraction of sp³-hybridized carbons (Fsp3) is 0.667. The van der Waals surface area contributed by atoms with Gasteiger partial charge in [-0.05, 0) is 24.5 Å². The molecule has 0 spiro atoms. The van der Waals surface area contributed by atoms with E-state index in [9.17, 15) is 35.5 Å². The van der Waals surface area contributed by atoms with Crippen LogP contribution in [0, 0.1) is 12.8 Å². The minimum atomic E-state index is -5.74. The summed E-state index contributed by atoms with van der Waals surface area (Å²) >= 11 is 0. The van der Waals surface area contributed by atoms with Crippen LogP contribution in [0.15, 0.2) is 18.2 Å². The third kappa shape index (κ3) is 6.21. The van der Waals surface area contributed by atoms with E-state index in [1.165, 1.54) is 0 Å². The van der Waals surface area contributed by atoms with Crippen LogP contribution in [0.3, 0.4) is 0 Å². The lowest BCUT2D eigenvalue weighted by molar-refractivity contribution is -0.308. The predicted octanol–water partition coefficient (Wildman–Crippen LogP) is 4.54. The van der Waals surface area contributed by atoms with E-state index in [0.29, 0.717) is 13.1 Å². The lowest BCUT2D eigenvalue weighted by Crippen LogP contribution is -2.52. The molecule has 186 valence electrons. The second-order valence-corrected chi connectivity index (χ2v) is 8.45. The molecule has 2 aliphatic heterocycles. The number of carbonyl (C=O) groups excluding carboxylic acids is 1. The first-order valence-electron chi connectivity index (χ1n) is 10.6. The van der Waals surface area contributed by atoms with Gasteiger partial charge in [-0.25, -0.2) is 4.79 Å². The summed E-state index contributed by atoms with van der Waals surface area (Å²) in [6, 6.07) is 5.81. The van der Waals surface area contributed by atoms with Crippen LogP contribution in [0.25, 0.3) is 0 Å². The monoisotopic (exact) mass is 485 g/mol. The topological polar surface area (TPSA) is 36.0 Å². The quantitative estimate of drug-likeness (QED) is 0.574. The van der Waals surface area contributed by atoms with Crippen LogP contribution in [0.1, 0.15) is 17.5 Å². The summed E-state index contributed by atoms with van der Waals surface area (Å²) in [6.07, 6.45) is -16.5. The average Bonchev–Trinajstić information content (AvgIpc) is 3.19. The summed E-state index contributed by atoms with van der Waals surface area (Å²) in [4.78, 5) is 16.9. The summed E-state index contributed by atoms with van der Waals surface area (Å²) in [6.45, 7) is 3.85. The van der Waals surface area contributed by atoms with Crippen molar-refractivity contribution in [3.63, 3.8) is 0 Å². The molecule has 2 saturated heterocycles. The van der Waals surface area contributed by atoms with Crippen molar-refractivity contribution in [2.75, 3.05) is 50.8 Å². The lowest BCUT2D eigenvalue weighted by atomic mass is 10.1. The number of alkyl halides is 7. The molecule has 12 heteroatoms. The molecule has 1 aromatic carbocycles. The van der Waals surface area contributed by atoms with Gasteiger partial charge in [0.1, 0.15) is 0 Å². The predicted molar refractivity (Wildman–Crippen MR) is 107 cm³/mol. The molecule has 2 heterocycles.